The molecule has 2 aliphatic rings. The topological polar surface area (TPSA) is 35.5 Å². The highest BCUT2D eigenvalue weighted by atomic mass is 28.3. The van der Waals surface area contributed by atoms with Crippen LogP contribution in [0.25, 0.3) is 0 Å². The molecule has 173 valence electrons. The van der Waals surface area contributed by atoms with E-state index in [-0.39, 0.29) is 18.0 Å². The first kappa shape index (κ1) is 26.1. The molecule has 0 heterocycles. The van der Waals surface area contributed by atoms with Crippen molar-refractivity contribution in [3.63, 3.8) is 0 Å². The van der Waals surface area contributed by atoms with Gasteiger partial charge >= 0.3 is 0 Å². The van der Waals surface area contributed by atoms with Crippen LogP contribution in [0.3, 0.4) is 0 Å². The van der Waals surface area contributed by atoms with Gasteiger partial charge < -0.3 is 8.85 Å². The average Bonchev–Trinajstić information content (AvgIpc) is 2.75. The van der Waals surface area contributed by atoms with E-state index >= 15 is 0 Å². The second kappa shape index (κ2) is 14.8. The van der Waals surface area contributed by atoms with Crippen molar-refractivity contribution >= 4 is 24.8 Å². The predicted octanol–water partition coefficient (Wildman–Crippen LogP) is 7.48. The summed E-state index contributed by atoms with van der Waals surface area (Å²) in [6.07, 6.45) is 19.2. The van der Waals surface area contributed by atoms with Gasteiger partial charge in [0.05, 0.1) is 5.92 Å². The Morgan fingerprint density at radius 1 is 0.933 bits per heavy atom. The van der Waals surface area contributed by atoms with E-state index in [1.165, 1.54) is 89.9 Å². The van der Waals surface area contributed by atoms with Gasteiger partial charge in [0.25, 0.3) is 15.0 Å². The van der Waals surface area contributed by atoms with Gasteiger partial charge in [-0.25, -0.2) is 0 Å². The molecule has 0 saturated heterocycles. The summed E-state index contributed by atoms with van der Waals surface area (Å²) in [6.45, 7) is 8.44. The summed E-state index contributed by atoms with van der Waals surface area (Å²) < 4.78 is 12.1. The maximum atomic E-state index is 12.9. The normalized spacial score (nSPS) is 24.3. The van der Waals surface area contributed by atoms with E-state index in [1.54, 1.807) is 0 Å². The zero-order valence-corrected chi connectivity index (χ0v) is 22.2. The largest absolute Gasteiger partial charge is 0.517 e. The van der Waals surface area contributed by atoms with Gasteiger partial charge in [-0.1, -0.05) is 78.1 Å². The van der Waals surface area contributed by atoms with Crippen molar-refractivity contribution < 1.29 is 13.6 Å². The van der Waals surface area contributed by atoms with Crippen molar-refractivity contribution in [3.05, 3.63) is 0 Å². The van der Waals surface area contributed by atoms with E-state index in [0.717, 1.165) is 12.0 Å². The number of hydrogen-bond donors (Lipinski definition) is 0. The minimum atomic E-state index is -1.07. The van der Waals surface area contributed by atoms with Gasteiger partial charge in [0.2, 0.25) is 9.76 Å². The number of unbranched alkanes of at least 4 members (excludes halogenated alkanes) is 3. The molecule has 0 spiro atoms. The van der Waals surface area contributed by atoms with Gasteiger partial charge in [0, 0.05) is 6.10 Å². The van der Waals surface area contributed by atoms with E-state index < -0.39 is 9.04 Å². The minimum Gasteiger partial charge on any atom is -0.517 e. The summed E-state index contributed by atoms with van der Waals surface area (Å²) in [7, 11) is -0.668. The van der Waals surface area contributed by atoms with Crippen LogP contribution in [0.1, 0.15) is 118 Å². The summed E-state index contributed by atoms with van der Waals surface area (Å²) in [5.41, 5.74) is 1.39. The van der Waals surface area contributed by atoms with Crippen molar-refractivity contribution in [2.75, 3.05) is 0 Å². The fraction of sp³-hybridized carbons (Fsp3) is 0.960. The molecule has 0 N–H and O–H groups in total. The molecule has 0 aromatic carbocycles. The third-order valence-corrected chi connectivity index (χ3v) is 11.7. The Hall–Kier alpha value is -0.136. The third kappa shape index (κ3) is 9.56. The molecule has 0 aromatic heterocycles. The Kier molecular flexibility index (Phi) is 12.9. The fourth-order valence-corrected chi connectivity index (χ4v) is 9.28. The summed E-state index contributed by atoms with van der Waals surface area (Å²) >= 11 is 0. The lowest BCUT2D eigenvalue weighted by molar-refractivity contribution is -0.138. The van der Waals surface area contributed by atoms with Crippen molar-refractivity contribution in [2.45, 2.75) is 141 Å². The molecule has 0 amide bonds. The first-order valence-electron chi connectivity index (χ1n) is 13.0. The molecule has 3 radical (unpaired) electrons. The quantitative estimate of drug-likeness (QED) is 0.215. The van der Waals surface area contributed by atoms with E-state index in [1.807, 2.05) is 6.92 Å². The van der Waals surface area contributed by atoms with Gasteiger partial charge in [-0.05, 0) is 62.6 Å². The third-order valence-electron chi connectivity index (χ3n) is 7.05. The SMILES string of the molecule is CCCCCCC1CCC([Si](OC(=O)C(C)C[Si]OC(C)C)C2CCCCC2)CC1. The molecular weight excluding hydrogens is 404 g/mol. The number of carbonyl (C=O) groups excluding carboxylic acids is 1. The summed E-state index contributed by atoms with van der Waals surface area (Å²) in [5.74, 6) is 0.966. The van der Waals surface area contributed by atoms with Crippen LogP contribution in [0.2, 0.25) is 17.1 Å². The fourth-order valence-electron chi connectivity index (χ4n) is 5.12. The lowest BCUT2D eigenvalue weighted by Gasteiger charge is -2.37. The van der Waals surface area contributed by atoms with Crippen molar-refractivity contribution in [1.29, 1.82) is 0 Å². The number of carbonyl (C=O) groups is 1. The standard InChI is InChI=1S/C25H47O3Si2/c1-5-6-7-9-12-22-15-17-24(18-16-22)30(23-13-10-8-11-14-23)28-25(26)21(4)19-29-27-20(2)3/h20-24H,5-19H2,1-4H3. The van der Waals surface area contributed by atoms with Crippen LogP contribution in [-0.4, -0.2) is 30.9 Å². The Balaban J connectivity index is 1.85. The molecule has 0 bridgehead atoms. The Labute approximate surface area is 191 Å². The average molecular weight is 452 g/mol. The molecule has 2 fully saturated rings. The first-order chi connectivity index (χ1) is 14.5. The zero-order chi connectivity index (χ0) is 21.8. The first-order valence-corrected chi connectivity index (χ1v) is 15.7. The van der Waals surface area contributed by atoms with E-state index in [2.05, 4.69) is 20.8 Å². The maximum Gasteiger partial charge on any atom is 0.295 e. The lowest BCUT2D eigenvalue weighted by atomic mass is 9.85. The molecule has 1 unspecified atom stereocenters. The van der Waals surface area contributed by atoms with Gasteiger partial charge in [-0.15, -0.1) is 0 Å². The molecule has 3 nitrogen and oxygen atoms in total. The molecule has 1 atom stereocenters. The second-order valence-electron chi connectivity index (χ2n) is 10.1. The highest BCUT2D eigenvalue weighted by Gasteiger charge is 2.39. The summed E-state index contributed by atoms with van der Waals surface area (Å²) in [6, 6.07) is 0.807. The van der Waals surface area contributed by atoms with Crippen LogP contribution >= 0.6 is 0 Å². The zero-order valence-electron chi connectivity index (χ0n) is 20.2. The van der Waals surface area contributed by atoms with Crippen LogP contribution in [0, 0.1) is 11.8 Å². The molecule has 5 heteroatoms. The molecule has 0 aromatic rings. The van der Waals surface area contributed by atoms with Crippen LogP contribution in [-0.2, 0) is 13.6 Å². The number of hydrogen-bond acceptors (Lipinski definition) is 3. The Bertz CT molecular complexity index is 457. The highest BCUT2D eigenvalue weighted by molar-refractivity contribution is 6.57. The molecule has 30 heavy (non-hydrogen) atoms. The van der Waals surface area contributed by atoms with Gasteiger partial charge in [-0.2, -0.15) is 0 Å². The van der Waals surface area contributed by atoms with E-state index in [9.17, 15) is 4.79 Å². The van der Waals surface area contributed by atoms with Gasteiger partial charge in [0.1, 0.15) is 0 Å². The Morgan fingerprint density at radius 2 is 1.60 bits per heavy atom. The van der Waals surface area contributed by atoms with E-state index in [0.29, 0.717) is 20.8 Å². The number of rotatable bonds is 13. The van der Waals surface area contributed by atoms with Crippen molar-refractivity contribution in [3.8, 4) is 0 Å². The molecule has 2 rings (SSSR count). The molecule has 2 saturated carbocycles. The molecular formula is C25H47O3Si2. The highest BCUT2D eigenvalue weighted by Crippen LogP contribution is 2.44. The maximum absolute atomic E-state index is 12.9. The summed E-state index contributed by atoms with van der Waals surface area (Å²) in [5, 5.41) is 0. The van der Waals surface area contributed by atoms with Gasteiger partial charge in [0.15, 0.2) is 0 Å². The smallest absolute Gasteiger partial charge is 0.295 e. The molecule has 0 aliphatic heterocycles. The monoisotopic (exact) mass is 451 g/mol. The van der Waals surface area contributed by atoms with Gasteiger partial charge in [-0.3, -0.25) is 4.79 Å². The Morgan fingerprint density at radius 3 is 2.23 bits per heavy atom. The van der Waals surface area contributed by atoms with E-state index in [4.69, 9.17) is 8.85 Å². The van der Waals surface area contributed by atoms with Crippen LogP contribution in [0.4, 0.5) is 0 Å². The van der Waals surface area contributed by atoms with Crippen molar-refractivity contribution in [2.24, 2.45) is 11.8 Å². The molecule has 2 aliphatic carbocycles. The minimum absolute atomic E-state index is 0.0272. The van der Waals surface area contributed by atoms with Crippen molar-refractivity contribution in [1.82, 2.24) is 0 Å². The predicted molar refractivity (Wildman–Crippen MR) is 129 cm³/mol. The van der Waals surface area contributed by atoms with Crippen LogP contribution in [0.15, 0.2) is 0 Å². The van der Waals surface area contributed by atoms with Crippen LogP contribution in [0.5, 0.6) is 0 Å². The lowest BCUT2D eigenvalue weighted by Crippen LogP contribution is -2.37. The summed E-state index contributed by atoms with van der Waals surface area (Å²) in [4.78, 5) is 12.9. The van der Waals surface area contributed by atoms with Crippen LogP contribution < -0.4 is 0 Å². The second-order valence-corrected chi connectivity index (χ2v) is 13.7.